The molecule has 0 saturated carbocycles. The average molecular weight is 304 g/mol. The van der Waals surface area contributed by atoms with Crippen LogP contribution < -0.4 is 0 Å². The van der Waals surface area contributed by atoms with Crippen molar-refractivity contribution in [2.24, 2.45) is 0 Å². The van der Waals surface area contributed by atoms with E-state index in [1.54, 1.807) is 0 Å². The van der Waals surface area contributed by atoms with E-state index in [0.717, 1.165) is 6.08 Å². The van der Waals surface area contributed by atoms with Gasteiger partial charge in [-0.3, -0.25) is 19.3 Å². The van der Waals surface area contributed by atoms with Crippen molar-refractivity contribution in [2.75, 3.05) is 0 Å². The van der Waals surface area contributed by atoms with Crippen molar-refractivity contribution in [3.05, 3.63) is 12.7 Å². The van der Waals surface area contributed by atoms with Crippen LogP contribution in [0.4, 0.5) is 0 Å². The molecule has 0 fully saturated rings. The van der Waals surface area contributed by atoms with E-state index in [0.29, 0.717) is 0 Å². The monoisotopic (exact) mass is 304 g/mol. The molecule has 0 aromatic rings. The third kappa shape index (κ3) is 7.06. The summed E-state index contributed by atoms with van der Waals surface area (Å²) in [5, 5.41) is 8.82. The number of carbonyl (C=O) groups is 4. The first-order valence-electron chi connectivity index (χ1n) is 5.96. The highest BCUT2D eigenvalue weighted by Crippen LogP contribution is 2.23. The predicted molar refractivity (Wildman–Crippen MR) is 65.1 cm³/mol. The Morgan fingerprint density at radius 2 is 1.57 bits per heavy atom. The maximum atomic E-state index is 11.3. The second-order valence-electron chi connectivity index (χ2n) is 3.60. The van der Waals surface area contributed by atoms with Crippen molar-refractivity contribution >= 4 is 23.9 Å². The predicted octanol–water partition coefficient (Wildman–Crippen LogP) is 0.682. The number of hydrogen-bond donors (Lipinski definition) is 1. The Morgan fingerprint density at radius 3 is 1.90 bits per heavy atom. The summed E-state index contributed by atoms with van der Waals surface area (Å²) in [6, 6.07) is 0. The molecular weight excluding hydrogens is 288 g/mol. The van der Waals surface area contributed by atoms with Crippen LogP contribution in [0, 0.1) is 0 Å². The molecule has 0 aromatic heterocycles. The highest BCUT2D eigenvalue weighted by molar-refractivity contribution is 5.80. The number of rotatable bonds is 9. The van der Waals surface area contributed by atoms with Crippen LogP contribution in [0.3, 0.4) is 0 Å². The van der Waals surface area contributed by atoms with Gasteiger partial charge < -0.3 is 14.6 Å². The minimum absolute atomic E-state index is 0.149. The number of carbonyl (C=O) groups excluding carboxylic acids is 3. The molecule has 0 aliphatic heterocycles. The fourth-order valence-electron chi connectivity index (χ4n) is 0.971. The molecule has 0 radical (unpaired) electrons. The molecule has 1 N–H and O–H groups in total. The Hall–Kier alpha value is -2.42. The summed E-state index contributed by atoms with van der Waals surface area (Å²) in [7, 11) is 0. The lowest BCUT2D eigenvalue weighted by molar-refractivity contribution is -0.461. The fourth-order valence-corrected chi connectivity index (χ4v) is 0.971. The van der Waals surface area contributed by atoms with Crippen molar-refractivity contribution in [3.8, 4) is 0 Å². The molecule has 0 heterocycles. The van der Waals surface area contributed by atoms with Crippen molar-refractivity contribution < 1.29 is 43.5 Å². The zero-order valence-electron chi connectivity index (χ0n) is 11.6. The van der Waals surface area contributed by atoms with Gasteiger partial charge in [-0.2, -0.15) is 0 Å². The molecule has 0 amide bonds. The van der Waals surface area contributed by atoms with E-state index in [1.807, 2.05) is 0 Å². The summed E-state index contributed by atoms with van der Waals surface area (Å²) >= 11 is 0. The van der Waals surface area contributed by atoms with E-state index in [1.165, 1.54) is 13.8 Å². The van der Waals surface area contributed by atoms with Crippen LogP contribution in [0.1, 0.15) is 33.1 Å². The zero-order chi connectivity index (χ0) is 16.5. The molecule has 0 rings (SSSR count). The van der Waals surface area contributed by atoms with E-state index in [9.17, 15) is 19.2 Å². The molecular formula is C12H16O9. The summed E-state index contributed by atoms with van der Waals surface area (Å²) in [4.78, 5) is 53.1. The highest BCUT2D eigenvalue weighted by Gasteiger charge is 2.45. The Bertz CT molecular complexity index is 408. The fraction of sp³-hybridized carbons (Fsp3) is 0.500. The second-order valence-corrected chi connectivity index (χ2v) is 3.60. The second kappa shape index (κ2) is 8.69. The van der Waals surface area contributed by atoms with E-state index in [-0.39, 0.29) is 12.8 Å². The van der Waals surface area contributed by atoms with E-state index in [2.05, 4.69) is 25.8 Å². The number of aliphatic carboxylic acids is 1. The Morgan fingerprint density at radius 1 is 1.10 bits per heavy atom. The number of carboxylic acid groups (broad SMARTS) is 1. The largest absolute Gasteiger partial charge is 0.481 e. The maximum Gasteiger partial charge on any atom is 0.423 e. The van der Waals surface area contributed by atoms with Gasteiger partial charge in [-0.15, -0.1) is 0 Å². The molecule has 0 bridgehead atoms. The minimum atomic E-state index is -2.69. The van der Waals surface area contributed by atoms with Gasteiger partial charge in [-0.25, -0.2) is 4.79 Å². The molecule has 0 unspecified atom stereocenters. The molecule has 118 valence electrons. The van der Waals surface area contributed by atoms with Crippen LogP contribution in [-0.4, -0.2) is 35.0 Å². The van der Waals surface area contributed by atoms with Crippen LogP contribution in [0.15, 0.2) is 12.7 Å². The van der Waals surface area contributed by atoms with Crippen molar-refractivity contribution in [3.63, 3.8) is 0 Å². The summed E-state index contributed by atoms with van der Waals surface area (Å²) in [5.74, 6) is -7.14. The van der Waals surface area contributed by atoms with Crippen molar-refractivity contribution in [1.29, 1.82) is 0 Å². The standard InChI is InChI=1S/C12H16O9/c1-4-9(15)18-12(7-8(13)14,19-10(16)5-2)21-20-11(17)6-3/h6H,3-5,7H2,1-2H3,(H,13,14). The van der Waals surface area contributed by atoms with Crippen LogP contribution in [-0.2, 0) is 38.4 Å². The molecule has 0 aliphatic rings. The maximum absolute atomic E-state index is 11.3. The van der Waals surface area contributed by atoms with Gasteiger partial charge in [-0.05, 0) is 0 Å². The van der Waals surface area contributed by atoms with E-state index in [4.69, 9.17) is 5.11 Å². The Labute approximate surface area is 120 Å². The number of hydrogen-bond acceptors (Lipinski definition) is 8. The Balaban J connectivity index is 5.30. The smallest absolute Gasteiger partial charge is 0.423 e. The number of esters is 2. The summed E-state index contributed by atoms with van der Waals surface area (Å²) < 4.78 is 9.34. The van der Waals surface area contributed by atoms with Crippen molar-refractivity contribution in [2.45, 2.75) is 39.1 Å². The first kappa shape index (κ1) is 18.6. The molecule has 0 spiro atoms. The van der Waals surface area contributed by atoms with Gasteiger partial charge in [0.05, 0.1) is 0 Å². The van der Waals surface area contributed by atoms with Gasteiger partial charge in [0.15, 0.2) is 6.42 Å². The first-order valence-corrected chi connectivity index (χ1v) is 5.96. The Kier molecular flexibility index (Phi) is 7.69. The lowest BCUT2D eigenvalue weighted by atomic mass is 10.3. The molecule has 0 atom stereocenters. The van der Waals surface area contributed by atoms with Gasteiger partial charge >= 0.3 is 29.9 Å². The van der Waals surface area contributed by atoms with Crippen molar-refractivity contribution in [1.82, 2.24) is 0 Å². The molecule has 9 heteroatoms. The van der Waals surface area contributed by atoms with Crippen LogP contribution in [0.25, 0.3) is 0 Å². The van der Waals surface area contributed by atoms with Gasteiger partial charge in [0.2, 0.25) is 0 Å². The molecule has 0 saturated heterocycles. The van der Waals surface area contributed by atoms with Gasteiger partial charge in [0, 0.05) is 18.9 Å². The topological polar surface area (TPSA) is 125 Å². The van der Waals surface area contributed by atoms with Gasteiger partial charge in [0.25, 0.3) is 0 Å². The number of ether oxygens (including phenoxy) is 2. The lowest BCUT2D eigenvalue weighted by Gasteiger charge is -2.28. The number of carboxylic acids is 1. The molecule has 0 aromatic carbocycles. The first-order chi connectivity index (χ1) is 9.78. The van der Waals surface area contributed by atoms with Gasteiger partial charge in [0.1, 0.15) is 0 Å². The van der Waals surface area contributed by atoms with E-state index < -0.39 is 36.3 Å². The SMILES string of the molecule is C=CC(=O)OOC(CC(=O)O)(OC(=O)CC)OC(=O)CC. The molecule has 9 nitrogen and oxygen atoms in total. The van der Waals surface area contributed by atoms with Gasteiger partial charge in [-0.1, -0.05) is 25.3 Å². The summed E-state index contributed by atoms with van der Waals surface area (Å²) in [6.45, 7) is 5.93. The quantitative estimate of drug-likeness (QED) is 0.215. The zero-order valence-corrected chi connectivity index (χ0v) is 11.6. The van der Waals surface area contributed by atoms with E-state index >= 15 is 0 Å². The average Bonchev–Trinajstić information content (AvgIpc) is 2.43. The normalized spacial score (nSPS) is 10.4. The molecule has 21 heavy (non-hydrogen) atoms. The van der Waals surface area contributed by atoms with Crippen LogP contribution in [0.5, 0.6) is 0 Å². The molecule has 0 aliphatic carbocycles. The van der Waals surface area contributed by atoms with Crippen LogP contribution >= 0.6 is 0 Å². The summed E-state index contributed by atoms with van der Waals surface area (Å²) in [6.07, 6.45) is -0.655. The lowest BCUT2D eigenvalue weighted by Crippen LogP contribution is -2.45. The minimum Gasteiger partial charge on any atom is -0.481 e. The third-order valence-electron chi connectivity index (χ3n) is 1.90. The summed E-state index contributed by atoms with van der Waals surface area (Å²) in [5.41, 5.74) is 0. The highest BCUT2D eigenvalue weighted by atomic mass is 17.3. The van der Waals surface area contributed by atoms with Crippen LogP contribution in [0.2, 0.25) is 0 Å². The third-order valence-corrected chi connectivity index (χ3v) is 1.90.